The number of carbonyl (C=O) groups is 1. The predicted octanol–water partition coefficient (Wildman–Crippen LogP) is 0.741. The molecular formula is C12H20N4O2. The molecule has 0 aliphatic rings. The van der Waals surface area contributed by atoms with Gasteiger partial charge >= 0.3 is 5.97 Å². The van der Waals surface area contributed by atoms with Crippen molar-refractivity contribution in [2.75, 3.05) is 19.0 Å². The quantitative estimate of drug-likeness (QED) is 0.777. The van der Waals surface area contributed by atoms with E-state index < -0.39 is 12.0 Å². The lowest BCUT2D eigenvalue weighted by atomic mass is 10.0. The average Bonchev–Trinajstić information content (AvgIpc) is 2.28. The molecule has 0 fully saturated rings. The first-order valence-corrected chi connectivity index (χ1v) is 5.86. The molecule has 0 aromatic carbocycles. The zero-order valence-corrected chi connectivity index (χ0v) is 11.2. The van der Waals surface area contributed by atoms with E-state index in [-0.39, 0.29) is 5.92 Å². The minimum atomic E-state index is -0.837. The first-order chi connectivity index (χ1) is 8.41. The fourth-order valence-electron chi connectivity index (χ4n) is 1.51. The van der Waals surface area contributed by atoms with Gasteiger partial charge in [-0.3, -0.25) is 10.1 Å². The summed E-state index contributed by atoms with van der Waals surface area (Å²) in [5.74, 6) is -0.169. The Morgan fingerprint density at radius 1 is 1.39 bits per heavy atom. The van der Waals surface area contributed by atoms with Gasteiger partial charge in [-0.25, -0.2) is 9.97 Å². The zero-order chi connectivity index (χ0) is 13.7. The van der Waals surface area contributed by atoms with Crippen LogP contribution in [-0.4, -0.2) is 41.2 Å². The molecule has 100 valence electrons. The fourth-order valence-corrected chi connectivity index (χ4v) is 1.51. The van der Waals surface area contributed by atoms with Crippen LogP contribution >= 0.6 is 0 Å². The first-order valence-electron chi connectivity index (χ1n) is 5.86. The number of aromatic nitrogens is 2. The third-order valence-electron chi connectivity index (χ3n) is 2.55. The van der Waals surface area contributed by atoms with E-state index in [4.69, 9.17) is 5.11 Å². The molecule has 0 aliphatic carbocycles. The maximum absolute atomic E-state index is 11.0. The average molecular weight is 252 g/mol. The van der Waals surface area contributed by atoms with Crippen molar-refractivity contribution in [3.63, 3.8) is 0 Å². The van der Waals surface area contributed by atoms with Crippen LogP contribution in [0.3, 0.4) is 0 Å². The van der Waals surface area contributed by atoms with Crippen molar-refractivity contribution in [3.05, 3.63) is 18.0 Å². The minimum Gasteiger partial charge on any atom is -0.480 e. The Morgan fingerprint density at radius 3 is 2.33 bits per heavy atom. The zero-order valence-electron chi connectivity index (χ0n) is 11.2. The van der Waals surface area contributed by atoms with Crippen molar-refractivity contribution >= 4 is 11.9 Å². The highest BCUT2D eigenvalue weighted by Crippen LogP contribution is 2.06. The largest absolute Gasteiger partial charge is 0.480 e. The Kier molecular flexibility index (Phi) is 5.03. The van der Waals surface area contributed by atoms with Gasteiger partial charge in [0, 0.05) is 38.6 Å². The Labute approximate surface area is 107 Å². The summed E-state index contributed by atoms with van der Waals surface area (Å²) in [5, 5.41) is 12.0. The molecule has 1 rings (SSSR count). The molecule has 1 unspecified atom stereocenters. The predicted molar refractivity (Wildman–Crippen MR) is 69.5 cm³/mol. The molecule has 0 saturated heterocycles. The number of hydrogen-bond acceptors (Lipinski definition) is 5. The first kappa shape index (κ1) is 14.4. The molecule has 1 aromatic rings. The summed E-state index contributed by atoms with van der Waals surface area (Å²) < 4.78 is 0. The van der Waals surface area contributed by atoms with Crippen molar-refractivity contribution in [1.82, 2.24) is 15.3 Å². The molecule has 0 radical (unpaired) electrons. The van der Waals surface area contributed by atoms with Crippen LogP contribution in [0.25, 0.3) is 0 Å². The van der Waals surface area contributed by atoms with Gasteiger partial charge in [-0.05, 0) is 5.92 Å². The van der Waals surface area contributed by atoms with Gasteiger partial charge < -0.3 is 10.0 Å². The van der Waals surface area contributed by atoms with Crippen molar-refractivity contribution in [2.45, 2.75) is 26.4 Å². The molecule has 2 N–H and O–H groups in total. The summed E-state index contributed by atoms with van der Waals surface area (Å²) in [7, 11) is 3.74. The van der Waals surface area contributed by atoms with Gasteiger partial charge in [0.25, 0.3) is 0 Å². The highest BCUT2D eigenvalue weighted by atomic mass is 16.4. The SMILES string of the molecule is CC(C)C(NCc1cnc(N(C)C)nc1)C(=O)O. The molecule has 1 heterocycles. The maximum atomic E-state index is 11.0. The van der Waals surface area contributed by atoms with Crippen molar-refractivity contribution in [1.29, 1.82) is 0 Å². The maximum Gasteiger partial charge on any atom is 0.320 e. The summed E-state index contributed by atoms with van der Waals surface area (Å²) in [4.78, 5) is 21.2. The van der Waals surface area contributed by atoms with E-state index >= 15 is 0 Å². The van der Waals surface area contributed by atoms with E-state index in [1.54, 1.807) is 12.4 Å². The highest BCUT2D eigenvalue weighted by molar-refractivity contribution is 5.73. The van der Waals surface area contributed by atoms with Crippen molar-refractivity contribution in [3.8, 4) is 0 Å². The molecule has 0 saturated carbocycles. The van der Waals surface area contributed by atoms with E-state index in [0.29, 0.717) is 12.5 Å². The molecule has 0 spiro atoms. The van der Waals surface area contributed by atoms with Crippen LogP contribution in [0.2, 0.25) is 0 Å². The summed E-state index contributed by atoms with van der Waals surface area (Å²) >= 11 is 0. The van der Waals surface area contributed by atoms with E-state index in [1.807, 2.05) is 32.8 Å². The smallest absolute Gasteiger partial charge is 0.320 e. The van der Waals surface area contributed by atoms with Gasteiger partial charge in [0.05, 0.1) is 0 Å². The molecule has 0 bridgehead atoms. The van der Waals surface area contributed by atoms with Crippen molar-refractivity contribution in [2.24, 2.45) is 5.92 Å². The molecule has 1 atom stereocenters. The lowest BCUT2D eigenvalue weighted by Crippen LogP contribution is -2.40. The van der Waals surface area contributed by atoms with Gasteiger partial charge in [-0.1, -0.05) is 13.8 Å². The topological polar surface area (TPSA) is 78.4 Å². The molecule has 0 amide bonds. The second-order valence-corrected chi connectivity index (χ2v) is 4.73. The standard InChI is InChI=1S/C12H20N4O2/c1-8(2)10(11(17)18)13-5-9-6-14-12(15-7-9)16(3)4/h6-8,10,13H,5H2,1-4H3,(H,17,18). The molecule has 6 nitrogen and oxygen atoms in total. The second kappa shape index (κ2) is 6.30. The Hall–Kier alpha value is -1.69. The number of rotatable bonds is 6. The Morgan fingerprint density at radius 2 is 1.94 bits per heavy atom. The van der Waals surface area contributed by atoms with E-state index in [2.05, 4.69) is 15.3 Å². The molecule has 1 aromatic heterocycles. The highest BCUT2D eigenvalue weighted by Gasteiger charge is 2.20. The van der Waals surface area contributed by atoms with Crippen LogP contribution in [-0.2, 0) is 11.3 Å². The van der Waals surface area contributed by atoms with Crippen LogP contribution < -0.4 is 10.2 Å². The molecule has 18 heavy (non-hydrogen) atoms. The summed E-state index contributed by atoms with van der Waals surface area (Å²) in [6.07, 6.45) is 3.41. The number of aliphatic carboxylic acids is 1. The number of carboxylic acid groups (broad SMARTS) is 1. The van der Waals surface area contributed by atoms with Gasteiger partial charge in [-0.15, -0.1) is 0 Å². The molecule has 6 heteroatoms. The number of carboxylic acids is 1. The Balaban J connectivity index is 2.60. The molecule has 0 aliphatic heterocycles. The summed E-state index contributed by atoms with van der Waals surface area (Å²) in [5.41, 5.74) is 0.868. The fraction of sp³-hybridized carbons (Fsp3) is 0.583. The van der Waals surface area contributed by atoms with Crippen LogP contribution in [0.15, 0.2) is 12.4 Å². The van der Waals surface area contributed by atoms with Crippen LogP contribution in [0.5, 0.6) is 0 Å². The summed E-state index contributed by atoms with van der Waals surface area (Å²) in [6, 6.07) is -0.557. The Bertz CT molecular complexity index is 390. The van der Waals surface area contributed by atoms with E-state index in [9.17, 15) is 4.79 Å². The number of anilines is 1. The second-order valence-electron chi connectivity index (χ2n) is 4.73. The van der Waals surface area contributed by atoms with Crippen molar-refractivity contribution < 1.29 is 9.90 Å². The number of hydrogen-bond donors (Lipinski definition) is 2. The monoisotopic (exact) mass is 252 g/mol. The van der Waals surface area contributed by atoms with Crippen LogP contribution in [0, 0.1) is 5.92 Å². The third kappa shape index (κ3) is 3.96. The normalized spacial score (nSPS) is 12.5. The van der Waals surface area contributed by atoms with Crippen LogP contribution in [0.4, 0.5) is 5.95 Å². The molecular weight excluding hydrogens is 232 g/mol. The van der Waals surface area contributed by atoms with E-state index in [0.717, 1.165) is 5.56 Å². The lowest BCUT2D eigenvalue weighted by Gasteiger charge is -2.18. The third-order valence-corrected chi connectivity index (χ3v) is 2.55. The lowest BCUT2D eigenvalue weighted by molar-refractivity contribution is -0.140. The number of nitrogens with zero attached hydrogens (tertiary/aromatic N) is 3. The van der Waals surface area contributed by atoms with Gasteiger partial charge in [0.15, 0.2) is 0 Å². The van der Waals surface area contributed by atoms with Gasteiger partial charge in [-0.2, -0.15) is 0 Å². The number of nitrogens with one attached hydrogen (secondary N) is 1. The summed E-state index contributed by atoms with van der Waals surface area (Å²) in [6.45, 7) is 4.19. The van der Waals surface area contributed by atoms with Gasteiger partial charge in [0.2, 0.25) is 5.95 Å². The van der Waals surface area contributed by atoms with Crippen LogP contribution in [0.1, 0.15) is 19.4 Å². The van der Waals surface area contributed by atoms with Gasteiger partial charge in [0.1, 0.15) is 6.04 Å². The minimum absolute atomic E-state index is 0.0319. The van der Waals surface area contributed by atoms with E-state index in [1.165, 1.54) is 0 Å².